The van der Waals surface area contributed by atoms with Crippen molar-refractivity contribution in [1.82, 2.24) is 5.32 Å². The number of hydrogen-bond acceptors (Lipinski definition) is 2. The van der Waals surface area contributed by atoms with Crippen molar-refractivity contribution < 1.29 is 9.59 Å². The van der Waals surface area contributed by atoms with Crippen molar-refractivity contribution in [3.05, 3.63) is 41.6 Å². The number of benzene rings is 1. The third-order valence-electron chi connectivity index (χ3n) is 3.44. The Balaban J connectivity index is 1.93. The Morgan fingerprint density at radius 3 is 2.58 bits per heavy atom. The third kappa shape index (κ3) is 4.36. The predicted molar refractivity (Wildman–Crippen MR) is 74.8 cm³/mol. The van der Waals surface area contributed by atoms with Crippen molar-refractivity contribution in [1.29, 1.82) is 0 Å². The lowest BCUT2D eigenvalue weighted by Crippen LogP contribution is -2.25. The van der Waals surface area contributed by atoms with Crippen LogP contribution in [0.15, 0.2) is 36.0 Å². The molecule has 0 bridgehead atoms. The fourth-order valence-electron chi connectivity index (χ4n) is 2.48. The molecule has 3 heteroatoms. The van der Waals surface area contributed by atoms with Crippen LogP contribution in [-0.4, -0.2) is 12.2 Å². The van der Waals surface area contributed by atoms with Crippen LogP contribution in [0.5, 0.6) is 0 Å². The van der Waals surface area contributed by atoms with Crippen LogP contribution >= 0.6 is 0 Å². The number of rotatable bonds is 5. The van der Waals surface area contributed by atoms with E-state index in [0.717, 1.165) is 18.4 Å². The molecule has 0 spiro atoms. The van der Waals surface area contributed by atoms with E-state index in [1.807, 2.05) is 30.3 Å². The van der Waals surface area contributed by atoms with Crippen LogP contribution in [0.2, 0.25) is 0 Å². The molecule has 0 saturated heterocycles. The summed E-state index contributed by atoms with van der Waals surface area (Å²) < 4.78 is 0. The minimum atomic E-state index is -0.0857. The lowest BCUT2D eigenvalue weighted by molar-refractivity contribution is -0.121. The number of allylic oxidation sites excluding steroid dienone is 1. The van der Waals surface area contributed by atoms with Crippen LogP contribution in [0.25, 0.3) is 6.08 Å². The molecule has 0 unspecified atom stereocenters. The molecule has 3 nitrogen and oxygen atoms in total. The number of hydrogen-bond donors (Lipinski definition) is 1. The summed E-state index contributed by atoms with van der Waals surface area (Å²) in [5, 5.41) is 2.64. The number of amides is 1. The Kier molecular flexibility index (Phi) is 4.90. The molecule has 0 aliphatic heterocycles. The zero-order valence-electron chi connectivity index (χ0n) is 10.9. The molecule has 1 amide bonds. The summed E-state index contributed by atoms with van der Waals surface area (Å²) in [5.41, 5.74) is 1.08. The summed E-state index contributed by atoms with van der Waals surface area (Å²) in [6, 6.07) is 9.42. The minimum Gasteiger partial charge on any atom is -0.323 e. The molecule has 19 heavy (non-hydrogen) atoms. The van der Waals surface area contributed by atoms with Crippen molar-refractivity contribution in [2.45, 2.75) is 32.1 Å². The molecule has 1 radical (unpaired) electrons. The van der Waals surface area contributed by atoms with E-state index in [0.29, 0.717) is 12.3 Å². The maximum atomic E-state index is 11.8. The summed E-state index contributed by atoms with van der Waals surface area (Å²) >= 11 is 0. The molecule has 1 aliphatic rings. The first-order valence-corrected chi connectivity index (χ1v) is 6.72. The van der Waals surface area contributed by atoms with Crippen molar-refractivity contribution in [2.75, 3.05) is 0 Å². The summed E-state index contributed by atoms with van der Waals surface area (Å²) in [7, 11) is 0. The topological polar surface area (TPSA) is 46.2 Å². The molecule has 99 valence electrons. The third-order valence-corrected chi connectivity index (χ3v) is 3.44. The Morgan fingerprint density at radius 2 is 1.95 bits per heavy atom. The second kappa shape index (κ2) is 6.88. The van der Waals surface area contributed by atoms with Gasteiger partial charge in [0.1, 0.15) is 0 Å². The highest BCUT2D eigenvalue weighted by Crippen LogP contribution is 2.27. The highest BCUT2D eigenvalue weighted by Gasteiger charge is 2.18. The van der Waals surface area contributed by atoms with Gasteiger partial charge in [-0.1, -0.05) is 43.2 Å². The van der Waals surface area contributed by atoms with E-state index in [2.05, 4.69) is 5.32 Å². The molecular weight excluding hydrogens is 238 g/mol. The largest absolute Gasteiger partial charge is 0.323 e. The van der Waals surface area contributed by atoms with Gasteiger partial charge in [0.15, 0.2) is 0 Å². The molecule has 1 saturated carbocycles. The van der Waals surface area contributed by atoms with E-state index in [4.69, 9.17) is 0 Å². The lowest BCUT2D eigenvalue weighted by Gasteiger charge is -2.08. The Morgan fingerprint density at radius 1 is 1.26 bits per heavy atom. The molecule has 0 heterocycles. The molecule has 1 N–H and O–H groups in total. The fraction of sp³-hybridized carbons (Fsp3) is 0.375. The smallest absolute Gasteiger partial charge is 0.251 e. The monoisotopic (exact) mass is 256 g/mol. The van der Waals surface area contributed by atoms with Gasteiger partial charge in [0.05, 0.1) is 5.70 Å². The number of carbonyl (C=O) groups is 1. The van der Waals surface area contributed by atoms with E-state index in [1.165, 1.54) is 12.8 Å². The molecule has 0 atom stereocenters. The molecular formula is C16H18NO2. The number of nitrogens with one attached hydrogen (secondary N) is 1. The van der Waals surface area contributed by atoms with Gasteiger partial charge in [-0.15, -0.1) is 0 Å². The van der Waals surface area contributed by atoms with Gasteiger partial charge in [0.2, 0.25) is 5.91 Å². The maximum absolute atomic E-state index is 11.8. The van der Waals surface area contributed by atoms with E-state index in [9.17, 15) is 9.59 Å². The van der Waals surface area contributed by atoms with Crippen LogP contribution in [-0.2, 0) is 9.59 Å². The first-order valence-electron chi connectivity index (χ1n) is 6.72. The molecule has 1 aromatic rings. The van der Waals surface area contributed by atoms with Crippen molar-refractivity contribution >= 4 is 18.3 Å². The second-order valence-corrected chi connectivity index (χ2v) is 4.97. The molecule has 1 aliphatic carbocycles. The van der Waals surface area contributed by atoms with E-state index in [1.54, 1.807) is 12.4 Å². The molecule has 1 aromatic carbocycles. The summed E-state index contributed by atoms with van der Waals surface area (Å²) in [6.45, 7) is 0. The van der Waals surface area contributed by atoms with Gasteiger partial charge in [-0.3, -0.25) is 9.59 Å². The Labute approximate surface area is 113 Å². The van der Waals surface area contributed by atoms with Gasteiger partial charge in [0, 0.05) is 6.42 Å². The first kappa shape index (κ1) is 13.5. The zero-order chi connectivity index (χ0) is 13.5. The summed E-state index contributed by atoms with van der Waals surface area (Å²) in [5.74, 6) is 0.391. The van der Waals surface area contributed by atoms with Crippen LogP contribution in [0.3, 0.4) is 0 Å². The standard InChI is InChI=1S/C16H18NO2/c18-12-15(10-13-6-2-1-3-7-13)17-16(19)11-14-8-4-5-9-14/h1-3,6-7,10,14H,4-5,8-9,11H2,(H,17,19). The van der Waals surface area contributed by atoms with Gasteiger partial charge < -0.3 is 5.32 Å². The minimum absolute atomic E-state index is 0.0857. The van der Waals surface area contributed by atoms with Gasteiger partial charge in [-0.2, -0.15) is 0 Å². The van der Waals surface area contributed by atoms with Crippen molar-refractivity contribution in [2.24, 2.45) is 5.92 Å². The van der Waals surface area contributed by atoms with Crippen LogP contribution in [0.4, 0.5) is 0 Å². The van der Waals surface area contributed by atoms with Gasteiger partial charge in [-0.05, 0) is 30.4 Å². The van der Waals surface area contributed by atoms with E-state index < -0.39 is 0 Å². The lowest BCUT2D eigenvalue weighted by atomic mass is 10.0. The average Bonchev–Trinajstić information content (AvgIpc) is 2.92. The zero-order valence-corrected chi connectivity index (χ0v) is 10.9. The van der Waals surface area contributed by atoms with Crippen LogP contribution in [0, 0.1) is 5.92 Å². The van der Waals surface area contributed by atoms with Crippen LogP contribution < -0.4 is 5.32 Å². The highest BCUT2D eigenvalue weighted by atomic mass is 16.2. The highest BCUT2D eigenvalue weighted by molar-refractivity contribution is 5.90. The molecule has 0 aromatic heterocycles. The first-order chi connectivity index (χ1) is 9.28. The number of carbonyl (C=O) groups excluding carboxylic acids is 2. The maximum Gasteiger partial charge on any atom is 0.251 e. The Bertz CT molecular complexity index is 459. The summed E-state index contributed by atoms with van der Waals surface area (Å²) in [6.07, 6.45) is 8.60. The predicted octanol–water partition coefficient (Wildman–Crippen LogP) is 2.83. The summed E-state index contributed by atoms with van der Waals surface area (Å²) in [4.78, 5) is 22.7. The normalized spacial score (nSPS) is 16.3. The SMILES string of the molecule is O=[C]C(=Cc1ccccc1)NC(=O)CC1CCCC1. The van der Waals surface area contributed by atoms with Gasteiger partial charge in [0.25, 0.3) is 6.29 Å². The van der Waals surface area contributed by atoms with Crippen molar-refractivity contribution in [3.63, 3.8) is 0 Å². The van der Waals surface area contributed by atoms with Crippen molar-refractivity contribution in [3.8, 4) is 0 Å². The average molecular weight is 256 g/mol. The van der Waals surface area contributed by atoms with Gasteiger partial charge in [-0.25, -0.2) is 0 Å². The van der Waals surface area contributed by atoms with E-state index >= 15 is 0 Å². The quantitative estimate of drug-likeness (QED) is 0.823. The van der Waals surface area contributed by atoms with Gasteiger partial charge >= 0.3 is 0 Å². The second-order valence-electron chi connectivity index (χ2n) is 4.97. The Hall–Kier alpha value is -1.90. The molecule has 2 rings (SSSR count). The molecule has 1 fully saturated rings. The van der Waals surface area contributed by atoms with E-state index in [-0.39, 0.29) is 11.6 Å². The van der Waals surface area contributed by atoms with Crippen LogP contribution in [0.1, 0.15) is 37.7 Å². The fourth-order valence-corrected chi connectivity index (χ4v) is 2.48.